The quantitative estimate of drug-likeness (QED) is 0.631. The highest BCUT2D eigenvalue weighted by atomic mass is 35.5. The Morgan fingerprint density at radius 3 is 2.76 bits per heavy atom. The number of fused-ring (bicyclic) bond motifs is 1. The van der Waals surface area contributed by atoms with E-state index in [1.165, 1.54) is 6.20 Å². The Kier molecular flexibility index (Phi) is 5.46. The number of halogens is 1. The van der Waals surface area contributed by atoms with E-state index in [1.807, 2.05) is 36.4 Å². The molecule has 1 aromatic heterocycles. The highest BCUT2D eigenvalue weighted by Gasteiger charge is 2.14. The van der Waals surface area contributed by atoms with E-state index in [9.17, 15) is 4.79 Å². The van der Waals surface area contributed by atoms with Crippen molar-refractivity contribution >= 4 is 28.5 Å². The topological polar surface area (TPSA) is 55.3 Å². The lowest BCUT2D eigenvalue weighted by Gasteiger charge is -2.17. The molecule has 3 aromatic rings. The highest BCUT2D eigenvalue weighted by molar-refractivity contribution is 6.30. The normalized spacial score (nSPS) is 10.6. The molecule has 0 unspecified atom stereocenters. The molecular formula is C19H18ClN3O2. The van der Waals surface area contributed by atoms with Gasteiger partial charge < -0.3 is 9.64 Å². The van der Waals surface area contributed by atoms with E-state index in [4.69, 9.17) is 16.3 Å². The van der Waals surface area contributed by atoms with E-state index in [1.54, 1.807) is 24.1 Å². The molecule has 0 atom stereocenters. The zero-order valence-electron chi connectivity index (χ0n) is 13.9. The second-order valence-electron chi connectivity index (χ2n) is 5.63. The highest BCUT2D eigenvalue weighted by Crippen LogP contribution is 2.17. The van der Waals surface area contributed by atoms with Crippen LogP contribution in [0.5, 0.6) is 5.75 Å². The lowest BCUT2D eigenvalue weighted by molar-refractivity contribution is 0.0782. The second-order valence-corrected chi connectivity index (χ2v) is 6.07. The van der Waals surface area contributed by atoms with Crippen LogP contribution in [0.4, 0.5) is 0 Å². The maximum atomic E-state index is 12.5. The molecule has 2 aromatic carbocycles. The summed E-state index contributed by atoms with van der Waals surface area (Å²) < 4.78 is 5.63. The number of carbonyl (C=O) groups is 1. The summed E-state index contributed by atoms with van der Waals surface area (Å²) in [5.74, 6) is 0.572. The standard InChI is InChI=1S/C19H18ClN3O2/c1-23(10-5-11-25-15-7-4-6-14(20)12-15)19(24)18-13-21-16-8-2-3-9-17(16)22-18/h2-4,6-9,12-13H,5,10-11H2,1H3. The Balaban J connectivity index is 1.53. The van der Waals surface area contributed by atoms with Crippen LogP contribution < -0.4 is 4.74 Å². The van der Waals surface area contributed by atoms with E-state index < -0.39 is 0 Å². The summed E-state index contributed by atoms with van der Waals surface area (Å²) in [6, 6.07) is 14.7. The van der Waals surface area contributed by atoms with E-state index in [-0.39, 0.29) is 5.91 Å². The van der Waals surface area contributed by atoms with Crippen molar-refractivity contribution in [2.24, 2.45) is 0 Å². The first-order chi connectivity index (χ1) is 12.1. The number of hydrogen-bond acceptors (Lipinski definition) is 4. The Bertz CT molecular complexity index is 885. The maximum Gasteiger partial charge on any atom is 0.273 e. The van der Waals surface area contributed by atoms with Crippen molar-refractivity contribution in [1.82, 2.24) is 14.9 Å². The van der Waals surface area contributed by atoms with Gasteiger partial charge in [-0.3, -0.25) is 9.78 Å². The molecular weight excluding hydrogens is 338 g/mol. The van der Waals surface area contributed by atoms with Crippen molar-refractivity contribution in [2.45, 2.75) is 6.42 Å². The van der Waals surface area contributed by atoms with Gasteiger partial charge in [-0.05, 0) is 36.8 Å². The van der Waals surface area contributed by atoms with Gasteiger partial charge in [0.15, 0.2) is 0 Å². The van der Waals surface area contributed by atoms with E-state index in [0.717, 1.165) is 11.3 Å². The number of para-hydroxylation sites is 2. The zero-order valence-corrected chi connectivity index (χ0v) is 14.6. The van der Waals surface area contributed by atoms with Crippen LogP contribution >= 0.6 is 11.6 Å². The third-order valence-corrected chi connectivity index (χ3v) is 3.95. The molecule has 3 rings (SSSR count). The molecule has 0 aliphatic carbocycles. The molecule has 0 bridgehead atoms. The predicted octanol–water partition coefficient (Wildman–Crippen LogP) is 3.82. The first-order valence-corrected chi connectivity index (χ1v) is 8.37. The minimum absolute atomic E-state index is 0.152. The fourth-order valence-corrected chi connectivity index (χ4v) is 2.59. The average Bonchev–Trinajstić information content (AvgIpc) is 2.64. The van der Waals surface area contributed by atoms with Gasteiger partial charge in [0.1, 0.15) is 11.4 Å². The number of amides is 1. The fraction of sp³-hybridized carbons (Fsp3) is 0.211. The molecule has 6 heteroatoms. The monoisotopic (exact) mass is 355 g/mol. The number of benzene rings is 2. The number of aromatic nitrogens is 2. The van der Waals surface area contributed by atoms with Gasteiger partial charge in [0, 0.05) is 18.6 Å². The lowest BCUT2D eigenvalue weighted by Crippen LogP contribution is -2.29. The number of rotatable bonds is 6. The van der Waals surface area contributed by atoms with E-state index in [0.29, 0.717) is 35.8 Å². The molecule has 0 spiro atoms. The molecule has 0 radical (unpaired) electrons. The Morgan fingerprint density at radius 2 is 1.96 bits per heavy atom. The van der Waals surface area contributed by atoms with Gasteiger partial charge in [0.2, 0.25) is 0 Å². The SMILES string of the molecule is CN(CCCOc1cccc(Cl)c1)C(=O)c1cnc2ccccc2n1. The van der Waals surface area contributed by atoms with E-state index >= 15 is 0 Å². The predicted molar refractivity (Wildman–Crippen MR) is 98.1 cm³/mol. The van der Waals surface area contributed by atoms with Crippen molar-refractivity contribution in [3.05, 3.63) is 65.4 Å². The first kappa shape index (κ1) is 17.2. The van der Waals surface area contributed by atoms with Crippen LogP contribution in [0.1, 0.15) is 16.9 Å². The summed E-state index contributed by atoms with van der Waals surface area (Å²) in [5.41, 5.74) is 1.83. The Hall–Kier alpha value is -2.66. The summed E-state index contributed by atoms with van der Waals surface area (Å²) in [5, 5.41) is 0.639. The number of hydrogen-bond donors (Lipinski definition) is 0. The maximum absolute atomic E-state index is 12.5. The molecule has 0 N–H and O–H groups in total. The number of carbonyl (C=O) groups excluding carboxylic acids is 1. The molecule has 1 amide bonds. The Morgan fingerprint density at radius 1 is 1.16 bits per heavy atom. The van der Waals surface area contributed by atoms with Crippen molar-refractivity contribution < 1.29 is 9.53 Å². The molecule has 0 aliphatic rings. The molecule has 25 heavy (non-hydrogen) atoms. The van der Waals surface area contributed by atoms with Crippen LogP contribution in [-0.2, 0) is 0 Å². The molecule has 0 saturated heterocycles. The van der Waals surface area contributed by atoms with E-state index in [2.05, 4.69) is 9.97 Å². The number of nitrogens with zero attached hydrogens (tertiary/aromatic N) is 3. The molecule has 0 fully saturated rings. The third kappa shape index (κ3) is 4.45. The third-order valence-electron chi connectivity index (χ3n) is 3.72. The van der Waals surface area contributed by atoms with Crippen LogP contribution in [0.25, 0.3) is 11.0 Å². The van der Waals surface area contributed by atoms with Gasteiger partial charge in [0.25, 0.3) is 5.91 Å². The van der Waals surface area contributed by atoms with Gasteiger partial charge in [0.05, 0.1) is 23.8 Å². The van der Waals surface area contributed by atoms with Crippen molar-refractivity contribution in [1.29, 1.82) is 0 Å². The van der Waals surface area contributed by atoms with Gasteiger partial charge in [-0.25, -0.2) is 4.98 Å². The fourth-order valence-electron chi connectivity index (χ4n) is 2.41. The van der Waals surface area contributed by atoms with Crippen molar-refractivity contribution in [2.75, 3.05) is 20.2 Å². The van der Waals surface area contributed by atoms with Crippen LogP contribution in [0.3, 0.4) is 0 Å². The van der Waals surface area contributed by atoms with Crippen molar-refractivity contribution in [3.63, 3.8) is 0 Å². The van der Waals surface area contributed by atoms with Gasteiger partial charge in [-0.1, -0.05) is 29.8 Å². The lowest BCUT2D eigenvalue weighted by atomic mass is 10.3. The molecule has 5 nitrogen and oxygen atoms in total. The largest absolute Gasteiger partial charge is 0.493 e. The van der Waals surface area contributed by atoms with Crippen LogP contribution in [0.2, 0.25) is 5.02 Å². The minimum Gasteiger partial charge on any atom is -0.493 e. The first-order valence-electron chi connectivity index (χ1n) is 7.99. The molecule has 1 heterocycles. The summed E-state index contributed by atoms with van der Waals surface area (Å²) in [4.78, 5) is 22.8. The summed E-state index contributed by atoms with van der Waals surface area (Å²) in [6.45, 7) is 1.06. The average molecular weight is 356 g/mol. The van der Waals surface area contributed by atoms with Crippen LogP contribution in [-0.4, -0.2) is 41.0 Å². The van der Waals surface area contributed by atoms with Gasteiger partial charge in [-0.2, -0.15) is 0 Å². The van der Waals surface area contributed by atoms with Gasteiger partial charge >= 0.3 is 0 Å². The Labute approximate surface area is 151 Å². The minimum atomic E-state index is -0.152. The van der Waals surface area contributed by atoms with Crippen LogP contribution in [0.15, 0.2) is 54.7 Å². The molecule has 128 valence electrons. The van der Waals surface area contributed by atoms with Gasteiger partial charge in [-0.15, -0.1) is 0 Å². The van der Waals surface area contributed by atoms with Crippen molar-refractivity contribution in [3.8, 4) is 5.75 Å². The second kappa shape index (κ2) is 7.94. The molecule has 0 aliphatic heterocycles. The summed E-state index contributed by atoms with van der Waals surface area (Å²) in [7, 11) is 1.75. The summed E-state index contributed by atoms with van der Waals surface area (Å²) in [6.07, 6.45) is 2.22. The molecule has 0 saturated carbocycles. The zero-order chi connectivity index (χ0) is 17.6. The number of ether oxygens (including phenoxy) is 1. The summed E-state index contributed by atoms with van der Waals surface area (Å²) >= 11 is 5.91. The smallest absolute Gasteiger partial charge is 0.273 e. The van der Waals surface area contributed by atoms with Crippen LogP contribution in [0, 0.1) is 0 Å².